The minimum atomic E-state index is 0.0966. The number of carbonyl (C=O) groups excluding carboxylic acids is 1. The Labute approximate surface area is 142 Å². The highest BCUT2D eigenvalue weighted by atomic mass is 16.1. The number of nitrogens with one attached hydrogen (secondary N) is 2. The zero-order valence-corrected chi connectivity index (χ0v) is 14.5. The molecule has 1 saturated heterocycles. The molecule has 2 N–H and O–H groups in total. The van der Waals surface area contributed by atoms with Gasteiger partial charge >= 0.3 is 0 Å². The van der Waals surface area contributed by atoms with Gasteiger partial charge in [-0.25, -0.2) is 14.6 Å². The molecule has 0 radical (unpaired) electrons. The number of hydrogen-bond donors (Lipinski definition) is 2. The normalized spacial score (nSPS) is 17.7. The number of aromatic nitrogens is 4. The van der Waals surface area contributed by atoms with Gasteiger partial charge in [-0.05, 0) is 25.8 Å². The first-order valence-corrected chi connectivity index (χ1v) is 8.90. The fourth-order valence-electron chi connectivity index (χ4n) is 3.33. The van der Waals surface area contributed by atoms with Crippen LogP contribution in [0.5, 0.6) is 0 Å². The van der Waals surface area contributed by atoms with Crippen LogP contribution in [-0.4, -0.2) is 45.3 Å². The Balaban J connectivity index is 1.72. The van der Waals surface area contributed by atoms with Crippen LogP contribution in [0.25, 0.3) is 11.2 Å². The highest BCUT2D eigenvalue weighted by molar-refractivity contribution is 5.78. The van der Waals surface area contributed by atoms with Gasteiger partial charge in [-0.3, -0.25) is 4.79 Å². The van der Waals surface area contributed by atoms with Crippen molar-refractivity contribution in [1.82, 2.24) is 30.4 Å². The van der Waals surface area contributed by atoms with Crippen molar-refractivity contribution >= 4 is 17.1 Å². The number of rotatable bonds is 7. The molecule has 24 heavy (non-hydrogen) atoms. The molecule has 7 heteroatoms. The molecule has 2 aromatic heterocycles. The largest absolute Gasteiger partial charge is 0.354 e. The van der Waals surface area contributed by atoms with E-state index >= 15 is 0 Å². The molecule has 1 fully saturated rings. The Hall–Kier alpha value is -2.02. The van der Waals surface area contributed by atoms with E-state index in [1.807, 2.05) is 18.5 Å². The van der Waals surface area contributed by atoms with Gasteiger partial charge in [0, 0.05) is 37.3 Å². The van der Waals surface area contributed by atoms with Crippen LogP contribution in [0, 0.1) is 5.92 Å². The molecule has 3 heterocycles. The first-order valence-electron chi connectivity index (χ1n) is 8.90. The van der Waals surface area contributed by atoms with Crippen LogP contribution in [0.3, 0.4) is 0 Å². The average Bonchev–Trinajstić information content (AvgIpc) is 3.24. The molecule has 1 aliphatic heterocycles. The summed E-state index contributed by atoms with van der Waals surface area (Å²) in [5.41, 5.74) is 2.71. The van der Waals surface area contributed by atoms with E-state index < -0.39 is 0 Å². The first kappa shape index (κ1) is 16.8. The molecule has 1 amide bonds. The van der Waals surface area contributed by atoms with E-state index in [9.17, 15) is 4.79 Å². The fourth-order valence-corrected chi connectivity index (χ4v) is 3.33. The van der Waals surface area contributed by atoms with Gasteiger partial charge in [-0.1, -0.05) is 13.8 Å². The molecule has 1 atom stereocenters. The van der Waals surface area contributed by atoms with Crippen LogP contribution < -0.4 is 10.6 Å². The monoisotopic (exact) mass is 330 g/mol. The minimum Gasteiger partial charge on any atom is -0.354 e. The predicted octanol–water partition coefficient (Wildman–Crippen LogP) is 1.46. The smallest absolute Gasteiger partial charge is 0.223 e. The Bertz CT molecular complexity index is 687. The van der Waals surface area contributed by atoms with Gasteiger partial charge in [0.1, 0.15) is 5.52 Å². The number of hydrogen-bond acceptors (Lipinski definition) is 5. The van der Waals surface area contributed by atoms with Gasteiger partial charge < -0.3 is 10.6 Å². The number of fused-ring (bicyclic) bond motifs is 1. The van der Waals surface area contributed by atoms with E-state index in [0.29, 0.717) is 19.0 Å². The molecule has 0 spiro atoms. The summed E-state index contributed by atoms with van der Waals surface area (Å²) >= 11 is 0. The first-order chi connectivity index (χ1) is 11.7. The SMILES string of the molecule is CCC(CC)C(=O)NCCn1nc(C2CCNC2)c2nccnc21. The predicted molar refractivity (Wildman–Crippen MR) is 92.6 cm³/mol. The lowest BCUT2D eigenvalue weighted by Gasteiger charge is -2.12. The fraction of sp³-hybridized carbons (Fsp3) is 0.647. The second-order valence-corrected chi connectivity index (χ2v) is 6.33. The molecule has 3 rings (SSSR count). The molecule has 0 bridgehead atoms. The van der Waals surface area contributed by atoms with Gasteiger partial charge in [0.05, 0.1) is 12.2 Å². The van der Waals surface area contributed by atoms with Gasteiger partial charge in [-0.2, -0.15) is 5.10 Å². The summed E-state index contributed by atoms with van der Waals surface area (Å²) in [6.45, 7) is 7.23. The van der Waals surface area contributed by atoms with Crippen molar-refractivity contribution in [3.8, 4) is 0 Å². The minimum absolute atomic E-state index is 0.0966. The molecule has 0 aromatic carbocycles. The molecule has 2 aromatic rings. The van der Waals surface area contributed by atoms with E-state index in [1.54, 1.807) is 12.4 Å². The van der Waals surface area contributed by atoms with E-state index in [2.05, 4.69) is 20.6 Å². The van der Waals surface area contributed by atoms with Crippen molar-refractivity contribution in [1.29, 1.82) is 0 Å². The van der Waals surface area contributed by atoms with Crippen LogP contribution in [0.15, 0.2) is 12.4 Å². The average molecular weight is 330 g/mol. The molecule has 1 unspecified atom stereocenters. The summed E-state index contributed by atoms with van der Waals surface area (Å²) in [7, 11) is 0. The van der Waals surface area contributed by atoms with E-state index in [-0.39, 0.29) is 11.8 Å². The van der Waals surface area contributed by atoms with Gasteiger partial charge in [0.15, 0.2) is 5.65 Å². The van der Waals surface area contributed by atoms with Crippen molar-refractivity contribution in [3.05, 3.63) is 18.1 Å². The van der Waals surface area contributed by atoms with Crippen molar-refractivity contribution in [3.63, 3.8) is 0 Å². The quantitative estimate of drug-likeness (QED) is 0.803. The summed E-state index contributed by atoms with van der Waals surface area (Å²) < 4.78 is 1.88. The second-order valence-electron chi connectivity index (χ2n) is 6.33. The summed E-state index contributed by atoms with van der Waals surface area (Å²) in [5, 5.41) is 11.1. The zero-order valence-electron chi connectivity index (χ0n) is 14.5. The lowest BCUT2D eigenvalue weighted by atomic mass is 10.0. The molecule has 0 aliphatic carbocycles. The highest BCUT2D eigenvalue weighted by Gasteiger charge is 2.24. The van der Waals surface area contributed by atoms with Gasteiger partial charge in [0.25, 0.3) is 0 Å². The third kappa shape index (κ3) is 3.40. The standard InChI is InChI=1S/C17H26N6O/c1-3-12(4-2)17(24)21-9-10-23-16-15(19-7-8-20-16)14(22-23)13-5-6-18-11-13/h7-8,12-13,18H,3-6,9-11H2,1-2H3,(H,21,24). The Morgan fingerprint density at radius 1 is 1.38 bits per heavy atom. The topological polar surface area (TPSA) is 84.7 Å². The Kier molecular flexibility index (Phi) is 5.40. The maximum Gasteiger partial charge on any atom is 0.223 e. The van der Waals surface area contributed by atoms with E-state index in [4.69, 9.17) is 5.10 Å². The van der Waals surface area contributed by atoms with Crippen molar-refractivity contribution in [2.75, 3.05) is 19.6 Å². The maximum absolute atomic E-state index is 12.1. The van der Waals surface area contributed by atoms with Gasteiger partial charge in [-0.15, -0.1) is 0 Å². The summed E-state index contributed by atoms with van der Waals surface area (Å²) in [4.78, 5) is 21.0. The summed E-state index contributed by atoms with van der Waals surface area (Å²) in [5.74, 6) is 0.617. The Morgan fingerprint density at radius 3 is 2.88 bits per heavy atom. The molecular formula is C17H26N6O. The lowest BCUT2D eigenvalue weighted by molar-refractivity contribution is -0.125. The van der Waals surface area contributed by atoms with Crippen LogP contribution >= 0.6 is 0 Å². The van der Waals surface area contributed by atoms with Crippen molar-refractivity contribution < 1.29 is 4.79 Å². The summed E-state index contributed by atoms with van der Waals surface area (Å²) in [6.07, 6.45) is 6.23. The number of amides is 1. The molecule has 1 aliphatic rings. The second kappa shape index (κ2) is 7.70. The van der Waals surface area contributed by atoms with Crippen LogP contribution in [0.2, 0.25) is 0 Å². The maximum atomic E-state index is 12.1. The van der Waals surface area contributed by atoms with Crippen molar-refractivity contribution in [2.24, 2.45) is 5.92 Å². The highest BCUT2D eigenvalue weighted by Crippen LogP contribution is 2.26. The molecule has 0 saturated carbocycles. The third-order valence-electron chi connectivity index (χ3n) is 4.82. The lowest BCUT2D eigenvalue weighted by Crippen LogP contribution is -2.32. The van der Waals surface area contributed by atoms with Crippen molar-refractivity contribution in [2.45, 2.75) is 45.6 Å². The molecular weight excluding hydrogens is 304 g/mol. The zero-order chi connectivity index (χ0) is 16.9. The van der Waals surface area contributed by atoms with E-state index in [0.717, 1.165) is 49.2 Å². The van der Waals surface area contributed by atoms with Crippen LogP contribution in [0.1, 0.15) is 44.7 Å². The van der Waals surface area contributed by atoms with Gasteiger partial charge in [0.2, 0.25) is 5.91 Å². The third-order valence-corrected chi connectivity index (χ3v) is 4.82. The Morgan fingerprint density at radius 2 is 2.17 bits per heavy atom. The number of carbonyl (C=O) groups is 1. The molecule has 7 nitrogen and oxygen atoms in total. The summed E-state index contributed by atoms with van der Waals surface area (Å²) in [6, 6.07) is 0. The van der Waals surface area contributed by atoms with E-state index in [1.165, 1.54) is 0 Å². The van der Waals surface area contributed by atoms with Crippen LogP contribution in [-0.2, 0) is 11.3 Å². The van der Waals surface area contributed by atoms with Crippen LogP contribution in [0.4, 0.5) is 0 Å². The molecule has 130 valence electrons. The number of nitrogens with zero attached hydrogens (tertiary/aromatic N) is 4.